The van der Waals surface area contributed by atoms with Crippen LogP contribution in [0.4, 0.5) is 4.79 Å². The fourth-order valence-electron chi connectivity index (χ4n) is 4.08. The van der Waals surface area contributed by atoms with Gasteiger partial charge < -0.3 is 15.0 Å². The molecule has 4 rings (SSSR count). The molecule has 31 heavy (non-hydrogen) atoms. The number of amides is 3. The summed E-state index contributed by atoms with van der Waals surface area (Å²) in [7, 11) is 1.97. The molecule has 0 aliphatic carbocycles. The van der Waals surface area contributed by atoms with E-state index in [1.54, 1.807) is 6.92 Å². The maximum Gasteiger partial charge on any atom is 0.329 e. The molecular weight excluding hydrogens is 390 g/mol. The predicted octanol–water partition coefficient (Wildman–Crippen LogP) is 2.68. The van der Waals surface area contributed by atoms with Gasteiger partial charge in [0.2, 0.25) is 0 Å². The van der Waals surface area contributed by atoms with Crippen molar-refractivity contribution in [2.45, 2.75) is 25.9 Å². The van der Waals surface area contributed by atoms with Crippen LogP contribution in [0.15, 0.2) is 66.7 Å². The van der Waals surface area contributed by atoms with Crippen molar-refractivity contribution in [3.63, 3.8) is 0 Å². The van der Waals surface area contributed by atoms with Crippen molar-refractivity contribution in [2.75, 3.05) is 20.3 Å². The van der Waals surface area contributed by atoms with E-state index in [0.717, 1.165) is 32.5 Å². The monoisotopic (exact) mass is 418 g/mol. The Labute approximate surface area is 182 Å². The van der Waals surface area contributed by atoms with Gasteiger partial charge in [-0.15, -0.1) is 0 Å². The number of hydrogen-bond acceptors (Lipinski definition) is 3. The molecule has 2 atom stereocenters. The summed E-state index contributed by atoms with van der Waals surface area (Å²) in [5, 5.41) is 5.05. The smallest absolute Gasteiger partial charge is 0.329 e. The Kier molecular flexibility index (Phi) is 5.65. The second-order valence-corrected chi connectivity index (χ2v) is 8.22. The van der Waals surface area contributed by atoms with E-state index in [9.17, 15) is 9.59 Å². The van der Waals surface area contributed by atoms with Crippen molar-refractivity contribution in [3.05, 3.63) is 77.9 Å². The molecule has 1 aliphatic heterocycles. The van der Waals surface area contributed by atoms with E-state index < -0.39 is 5.54 Å². The molecule has 6 nitrogen and oxygen atoms in total. The summed E-state index contributed by atoms with van der Waals surface area (Å²) in [6, 6.07) is 21.4. The highest BCUT2D eigenvalue weighted by Crippen LogP contribution is 2.30. The zero-order valence-electron chi connectivity index (χ0n) is 18.1. The number of quaternary nitrogens is 1. The standard InChI is InChI=1S/C25H27N3O3/c1-4-31-22-13-9-18(10-14-22)16-27(3)17-28-23(29)25(2,26-24(28)30)21-12-11-19-7-5-6-8-20(19)15-21/h5-15H,4,16-17H2,1-3H3,(H,26,30)/p+1/t25-/m1/s1. The molecule has 3 amide bonds. The number of hydrogen-bond donors (Lipinski definition) is 2. The number of ether oxygens (including phenoxy) is 1. The van der Waals surface area contributed by atoms with Crippen molar-refractivity contribution in [1.29, 1.82) is 0 Å². The molecule has 1 heterocycles. The topological polar surface area (TPSA) is 63.1 Å². The minimum Gasteiger partial charge on any atom is -0.494 e. The van der Waals surface area contributed by atoms with Crippen LogP contribution < -0.4 is 15.0 Å². The highest BCUT2D eigenvalue weighted by atomic mass is 16.5. The van der Waals surface area contributed by atoms with Crippen molar-refractivity contribution >= 4 is 22.7 Å². The van der Waals surface area contributed by atoms with Gasteiger partial charge in [-0.25, -0.2) is 9.69 Å². The summed E-state index contributed by atoms with van der Waals surface area (Å²) in [6.45, 7) is 5.35. The third-order valence-electron chi connectivity index (χ3n) is 5.77. The van der Waals surface area contributed by atoms with Gasteiger partial charge in [-0.3, -0.25) is 4.79 Å². The van der Waals surface area contributed by atoms with E-state index in [1.165, 1.54) is 4.90 Å². The first-order chi connectivity index (χ1) is 14.9. The zero-order valence-corrected chi connectivity index (χ0v) is 18.1. The Morgan fingerprint density at radius 3 is 2.42 bits per heavy atom. The highest BCUT2D eigenvalue weighted by molar-refractivity contribution is 6.07. The summed E-state index contributed by atoms with van der Waals surface area (Å²) in [4.78, 5) is 28.4. The maximum atomic E-state index is 13.3. The molecule has 1 aliphatic rings. The first-order valence-corrected chi connectivity index (χ1v) is 10.6. The number of fused-ring (bicyclic) bond motifs is 1. The number of urea groups is 1. The number of benzene rings is 3. The van der Waals surface area contributed by atoms with Gasteiger partial charge in [0.25, 0.3) is 5.91 Å². The van der Waals surface area contributed by atoms with Gasteiger partial charge in [-0.2, -0.15) is 0 Å². The lowest BCUT2D eigenvalue weighted by atomic mass is 9.90. The summed E-state index contributed by atoms with van der Waals surface area (Å²) >= 11 is 0. The van der Waals surface area contributed by atoms with Crippen molar-refractivity contribution in [3.8, 4) is 5.75 Å². The van der Waals surface area contributed by atoms with Crippen molar-refractivity contribution in [2.24, 2.45) is 0 Å². The van der Waals surface area contributed by atoms with Gasteiger partial charge >= 0.3 is 6.03 Å². The fourth-order valence-corrected chi connectivity index (χ4v) is 4.08. The summed E-state index contributed by atoms with van der Waals surface area (Å²) in [5.41, 5.74) is 0.835. The van der Waals surface area contributed by atoms with Crippen molar-refractivity contribution in [1.82, 2.24) is 10.2 Å². The number of carbonyl (C=O) groups excluding carboxylic acids is 2. The molecule has 3 aromatic rings. The quantitative estimate of drug-likeness (QED) is 0.580. The van der Waals surface area contributed by atoms with Crippen LogP contribution in [-0.4, -0.2) is 37.2 Å². The van der Waals surface area contributed by atoms with Gasteiger partial charge in [0.05, 0.1) is 13.7 Å². The molecule has 0 bridgehead atoms. The Hall–Kier alpha value is -3.38. The van der Waals surface area contributed by atoms with Gasteiger partial charge in [0.1, 0.15) is 17.8 Å². The Bertz CT molecular complexity index is 1110. The van der Waals surface area contributed by atoms with Gasteiger partial charge in [0.15, 0.2) is 6.67 Å². The van der Waals surface area contributed by atoms with E-state index in [1.807, 2.05) is 80.7 Å². The van der Waals surface area contributed by atoms with Crippen LogP contribution in [0.3, 0.4) is 0 Å². The van der Waals surface area contributed by atoms with Crippen LogP contribution in [0.25, 0.3) is 10.8 Å². The van der Waals surface area contributed by atoms with E-state index in [2.05, 4.69) is 5.32 Å². The minimum atomic E-state index is -1.07. The largest absolute Gasteiger partial charge is 0.494 e. The van der Waals surface area contributed by atoms with Crippen LogP contribution in [0.1, 0.15) is 25.0 Å². The summed E-state index contributed by atoms with van der Waals surface area (Å²) in [5.74, 6) is 0.614. The van der Waals surface area contributed by atoms with Crippen molar-refractivity contribution < 1.29 is 19.2 Å². The first-order valence-electron chi connectivity index (χ1n) is 10.6. The van der Waals surface area contributed by atoms with E-state index in [-0.39, 0.29) is 11.9 Å². The average Bonchev–Trinajstić information content (AvgIpc) is 2.99. The zero-order chi connectivity index (χ0) is 22.0. The highest BCUT2D eigenvalue weighted by Gasteiger charge is 2.50. The maximum absolute atomic E-state index is 13.3. The lowest BCUT2D eigenvalue weighted by Crippen LogP contribution is -3.09. The molecule has 0 aromatic heterocycles. The molecule has 0 spiro atoms. The fraction of sp³-hybridized carbons (Fsp3) is 0.280. The van der Waals surface area contributed by atoms with Crippen LogP contribution >= 0.6 is 0 Å². The molecule has 160 valence electrons. The molecule has 1 fully saturated rings. The number of carbonyl (C=O) groups is 2. The molecule has 3 aromatic carbocycles. The Balaban J connectivity index is 1.48. The summed E-state index contributed by atoms with van der Waals surface area (Å²) in [6.07, 6.45) is 0. The second kappa shape index (κ2) is 8.40. The van der Waals surface area contributed by atoms with Gasteiger partial charge in [0, 0.05) is 5.56 Å². The normalized spacial score (nSPS) is 19.5. The van der Waals surface area contributed by atoms with Crippen LogP contribution in [0, 0.1) is 0 Å². The van der Waals surface area contributed by atoms with Gasteiger partial charge in [-0.1, -0.05) is 36.4 Å². The second-order valence-electron chi connectivity index (χ2n) is 8.22. The molecule has 6 heteroatoms. The van der Waals surface area contributed by atoms with E-state index >= 15 is 0 Å². The summed E-state index contributed by atoms with van der Waals surface area (Å²) < 4.78 is 5.48. The lowest BCUT2D eigenvalue weighted by molar-refractivity contribution is -0.901. The number of nitrogens with zero attached hydrogens (tertiary/aromatic N) is 1. The molecule has 2 N–H and O–H groups in total. The van der Waals surface area contributed by atoms with Crippen LogP contribution in [0.5, 0.6) is 5.75 Å². The minimum absolute atomic E-state index is 0.223. The molecule has 1 saturated heterocycles. The average molecular weight is 419 g/mol. The van der Waals surface area contributed by atoms with E-state index in [0.29, 0.717) is 19.8 Å². The molecule has 0 saturated carbocycles. The van der Waals surface area contributed by atoms with Crippen LogP contribution in [0.2, 0.25) is 0 Å². The first kappa shape index (κ1) is 20.9. The molecule has 1 unspecified atom stereocenters. The predicted molar refractivity (Wildman–Crippen MR) is 120 cm³/mol. The van der Waals surface area contributed by atoms with Gasteiger partial charge in [-0.05, 0) is 60.5 Å². The Morgan fingerprint density at radius 2 is 1.71 bits per heavy atom. The SMILES string of the molecule is CCOc1ccc(C[NH+](C)CN2C(=O)N[C@](C)(c3ccc4ccccc4c3)C2=O)cc1. The molecular formula is C25H28N3O3+. The van der Waals surface area contributed by atoms with E-state index in [4.69, 9.17) is 4.74 Å². The molecule has 0 radical (unpaired) electrons. The van der Waals surface area contributed by atoms with Crippen LogP contribution in [-0.2, 0) is 16.9 Å². The lowest BCUT2D eigenvalue weighted by Gasteiger charge is -2.23. The Morgan fingerprint density at radius 1 is 1.00 bits per heavy atom. The third kappa shape index (κ3) is 4.11. The number of nitrogens with one attached hydrogen (secondary N) is 2. The number of imide groups is 1. The number of rotatable bonds is 7. The third-order valence-corrected chi connectivity index (χ3v) is 5.77.